The van der Waals surface area contributed by atoms with E-state index in [4.69, 9.17) is 18.0 Å². The number of aliphatic hydroxyl groups is 1. The maximum atomic E-state index is 9.94. The number of halogens is 1. The van der Waals surface area contributed by atoms with E-state index in [9.17, 15) is 5.11 Å². The van der Waals surface area contributed by atoms with Crippen LogP contribution in [0.3, 0.4) is 0 Å². The number of β-amino-alcohol motifs (C(OH)–C–C–N with tert-alkyl or cyclic N) is 1. The lowest BCUT2D eigenvalue weighted by Gasteiger charge is -2.22. The van der Waals surface area contributed by atoms with Crippen molar-refractivity contribution < 1.29 is 5.11 Å². The van der Waals surface area contributed by atoms with Gasteiger partial charge in [0.15, 0.2) is 0 Å². The first-order valence-corrected chi connectivity index (χ1v) is 5.49. The SMILES string of the molecule is C#CC(C)(C)NCC(O)c1ccccc1Cl. The van der Waals surface area contributed by atoms with Gasteiger partial charge in [0.2, 0.25) is 0 Å². The number of aliphatic hydroxyl groups excluding tert-OH is 1. The summed E-state index contributed by atoms with van der Waals surface area (Å²) in [6, 6.07) is 7.23. The molecule has 0 aromatic heterocycles. The molecule has 86 valence electrons. The van der Waals surface area contributed by atoms with Gasteiger partial charge < -0.3 is 5.11 Å². The minimum atomic E-state index is -0.652. The van der Waals surface area contributed by atoms with Crippen molar-refractivity contribution in [1.29, 1.82) is 0 Å². The Kier molecular flexibility index (Phi) is 4.37. The molecular formula is C13H16ClNO. The molecule has 0 saturated heterocycles. The number of hydrogen-bond donors (Lipinski definition) is 2. The Balaban J connectivity index is 2.64. The van der Waals surface area contributed by atoms with Crippen LogP contribution in [-0.4, -0.2) is 17.2 Å². The summed E-state index contributed by atoms with van der Waals surface area (Å²) in [5.41, 5.74) is 0.284. The fourth-order valence-electron chi connectivity index (χ4n) is 1.26. The molecule has 0 fully saturated rings. The average Bonchev–Trinajstić information content (AvgIpc) is 2.27. The van der Waals surface area contributed by atoms with Crippen LogP contribution in [-0.2, 0) is 0 Å². The van der Waals surface area contributed by atoms with Crippen molar-refractivity contribution in [3.8, 4) is 12.3 Å². The van der Waals surface area contributed by atoms with Gasteiger partial charge >= 0.3 is 0 Å². The number of terminal acetylenes is 1. The molecule has 0 radical (unpaired) electrons. The zero-order valence-corrected chi connectivity index (χ0v) is 10.3. The highest BCUT2D eigenvalue weighted by Crippen LogP contribution is 2.22. The molecule has 16 heavy (non-hydrogen) atoms. The van der Waals surface area contributed by atoms with Crippen molar-refractivity contribution in [2.24, 2.45) is 0 Å². The summed E-state index contributed by atoms with van der Waals surface area (Å²) in [6.45, 7) is 4.14. The summed E-state index contributed by atoms with van der Waals surface area (Å²) < 4.78 is 0. The van der Waals surface area contributed by atoms with Crippen LogP contribution in [0.1, 0.15) is 25.5 Å². The standard InChI is InChI=1S/C13H16ClNO/c1-4-13(2,3)15-9-12(16)10-7-5-6-8-11(10)14/h1,5-8,12,15-16H,9H2,2-3H3. The first-order valence-electron chi connectivity index (χ1n) is 5.11. The zero-order chi connectivity index (χ0) is 12.2. The predicted molar refractivity (Wildman–Crippen MR) is 67.3 cm³/mol. The van der Waals surface area contributed by atoms with Crippen LogP contribution >= 0.6 is 11.6 Å². The highest BCUT2D eigenvalue weighted by molar-refractivity contribution is 6.31. The molecule has 2 N–H and O–H groups in total. The van der Waals surface area contributed by atoms with Crippen LogP contribution in [0.4, 0.5) is 0 Å². The summed E-state index contributed by atoms with van der Waals surface area (Å²) >= 11 is 5.97. The van der Waals surface area contributed by atoms with E-state index in [0.717, 1.165) is 0 Å². The van der Waals surface area contributed by atoms with Crippen LogP contribution in [0.25, 0.3) is 0 Å². The van der Waals surface area contributed by atoms with Gasteiger partial charge in [-0.05, 0) is 19.9 Å². The van der Waals surface area contributed by atoms with Crippen LogP contribution in [0.5, 0.6) is 0 Å². The first-order chi connectivity index (χ1) is 7.46. The molecule has 2 nitrogen and oxygen atoms in total. The Morgan fingerprint density at radius 3 is 2.69 bits per heavy atom. The van der Waals surface area contributed by atoms with E-state index in [1.54, 1.807) is 12.1 Å². The van der Waals surface area contributed by atoms with E-state index in [2.05, 4.69) is 11.2 Å². The molecule has 0 spiro atoms. The van der Waals surface area contributed by atoms with E-state index < -0.39 is 11.6 Å². The molecule has 1 unspecified atom stereocenters. The second-order valence-electron chi connectivity index (χ2n) is 4.19. The van der Waals surface area contributed by atoms with Crippen molar-refractivity contribution >= 4 is 11.6 Å². The van der Waals surface area contributed by atoms with Gasteiger partial charge in [-0.2, -0.15) is 0 Å². The highest BCUT2D eigenvalue weighted by atomic mass is 35.5. The Morgan fingerprint density at radius 2 is 2.12 bits per heavy atom. The lowest BCUT2D eigenvalue weighted by atomic mass is 10.1. The van der Waals surface area contributed by atoms with E-state index >= 15 is 0 Å². The highest BCUT2D eigenvalue weighted by Gasteiger charge is 2.17. The normalized spacial score (nSPS) is 13.2. The van der Waals surface area contributed by atoms with E-state index in [-0.39, 0.29) is 0 Å². The van der Waals surface area contributed by atoms with E-state index in [1.165, 1.54) is 0 Å². The average molecular weight is 238 g/mol. The van der Waals surface area contributed by atoms with E-state index in [1.807, 2.05) is 26.0 Å². The molecular weight excluding hydrogens is 222 g/mol. The molecule has 0 amide bonds. The second kappa shape index (κ2) is 5.36. The van der Waals surface area contributed by atoms with Crippen molar-refractivity contribution in [3.05, 3.63) is 34.9 Å². The lowest BCUT2D eigenvalue weighted by Crippen LogP contribution is -2.40. The number of benzene rings is 1. The van der Waals surface area contributed by atoms with Crippen LogP contribution < -0.4 is 5.32 Å². The number of rotatable bonds is 4. The van der Waals surface area contributed by atoms with Crippen molar-refractivity contribution in [2.45, 2.75) is 25.5 Å². The summed E-state index contributed by atoms with van der Waals surface area (Å²) in [5.74, 6) is 2.61. The maximum absolute atomic E-state index is 9.94. The Hall–Kier alpha value is -1.01. The van der Waals surface area contributed by atoms with Gasteiger partial charge in [-0.15, -0.1) is 6.42 Å². The molecule has 1 rings (SSSR count). The third-order valence-electron chi connectivity index (χ3n) is 2.36. The van der Waals surface area contributed by atoms with E-state index in [0.29, 0.717) is 17.1 Å². The van der Waals surface area contributed by atoms with Crippen molar-refractivity contribution in [3.63, 3.8) is 0 Å². The molecule has 1 atom stereocenters. The topological polar surface area (TPSA) is 32.3 Å². The molecule has 3 heteroatoms. The fourth-order valence-corrected chi connectivity index (χ4v) is 1.52. The van der Waals surface area contributed by atoms with Gasteiger partial charge in [0.05, 0.1) is 11.6 Å². The molecule has 0 aliphatic rings. The second-order valence-corrected chi connectivity index (χ2v) is 4.59. The first kappa shape index (κ1) is 13.1. The minimum absolute atomic E-state index is 0.376. The van der Waals surface area contributed by atoms with Gasteiger partial charge in [-0.25, -0.2) is 0 Å². The molecule has 0 aliphatic carbocycles. The van der Waals surface area contributed by atoms with Crippen LogP contribution in [0, 0.1) is 12.3 Å². The lowest BCUT2D eigenvalue weighted by molar-refractivity contribution is 0.167. The summed E-state index contributed by atoms with van der Waals surface area (Å²) in [4.78, 5) is 0. The third kappa shape index (κ3) is 3.53. The van der Waals surface area contributed by atoms with Gasteiger partial charge in [0.1, 0.15) is 0 Å². The monoisotopic (exact) mass is 237 g/mol. The summed E-state index contributed by atoms with van der Waals surface area (Å²) in [6.07, 6.45) is 4.69. The predicted octanol–water partition coefficient (Wildman–Crippen LogP) is 2.37. The Bertz CT molecular complexity index is 395. The molecule has 0 bridgehead atoms. The van der Waals surface area contributed by atoms with Crippen LogP contribution in [0.2, 0.25) is 5.02 Å². The molecule has 0 saturated carbocycles. The van der Waals surface area contributed by atoms with Gasteiger partial charge in [-0.1, -0.05) is 35.7 Å². The molecule has 0 aliphatic heterocycles. The summed E-state index contributed by atoms with van der Waals surface area (Å²) in [5, 5.41) is 13.6. The molecule has 0 heterocycles. The summed E-state index contributed by atoms with van der Waals surface area (Å²) in [7, 11) is 0. The van der Waals surface area contributed by atoms with Crippen molar-refractivity contribution in [1.82, 2.24) is 5.32 Å². The van der Waals surface area contributed by atoms with Gasteiger partial charge in [0, 0.05) is 17.1 Å². The minimum Gasteiger partial charge on any atom is -0.387 e. The van der Waals surface area contributed by atoms with Gasteiger partial charge in [-0.3, -0.25) is 5.32 Å². The number of nitrogens with one attached hydrogen (secondary N) is 1. The van der Waals surface area contributed by atoms with Crippen molar-refractivity contribution in [2.75, 3.05) is 6.54 Å². The smallest absolute Gasteiger partial charge is 0.0929 e. The largest absolute Gasteiger partial charge is 0.387 e. The van der Waals surface area contributed by atoms with Gasteiger partial charge in [0.25, 0.3) is 0 Å². The Morgan fingerprint density at radius 1 is 1.50 bits per heavy atom. The molecule has 1 aromatic carbocycles. The molecule has 1 aromatic rings. The third-order valence-corrected chi connectivity index (χ3v) is 2.71. The Labute approximate surface area is 102 Å². The zero-order valence-electron chi connectivity index (χ0n) is 9.50. The number of hydrogen-bond acceptors (Lipinski definition) is 2. The van der Waals surface area contributed by atoms with Crippen LogP contribution in [0.15, 0.2) is 24.3 Å². The fraction of sp³-hybridized carbons (Fsp3) is 0.385. The quantitative estimate of drug-likeness (QED) is 0.789. The maximum Gasteiger partial charge on any atom is 0.0929 e.